The molecule has 3 rings (SSSR count). The predicted molar refractivity (Wildman–Crippen MR) is 112 cm³/mol. The summed E-state index contributed by atoms with van der Waals surface area (Å²) < 4.78 is 33.2. The molecule has 0 spiro atoms. The zero-order valence-electron chi connectivity index (χ0n) is 16.7. The molecule has 0 aliphatic rings. The molecule has 3 aromatic carbocycles. The summed E-state index contributed by atoms with van der Waals surface area (Å²) >= 11 is 0. The minimum absolute atomic E-state index is 0.139. The molecule has 0 saturated heterocycles. The second-order valence-corrected chi connectivity index (χ2v) is 7.02. The molecule has 3 N–H and O–H groups in total. The predicted octanol–water partition coefficient (Wildman–Crippen LogP) is 3.30. The van der Waals surface area contributed by atoms with E-state index in [4.69, 9.17) is 10.5 Å². The molecule has 0 fully saturated rings. The lowest BCUT2D eigenvalue weighted by Gasteiger charge is -2.16. The molecule has 0 bridgehead atoms. The Morgan fingerprint density at radius 2 is 1.52 bits per heavy atom. The smallest absolute Gasteiger partial charge is 0.240 e. The van der Waals surface area contributed by atoms with Crippen LogP contribution in [0, 0.1) is 11.6 Å². The van der Waals surface area contributed by atoms with E-state index >= 15 is 0 Å². The first-order valence-corrected chi connectivity index (χ1v) is 9.69. The number of nitrogens with two attached hydrogens (primary N) is 1. The molecule has 160 valence electrons. The summed E-state index contributed by atoms with van der Waals surface area (Å²) in [5, 5.41) is 2.45. The Morgan fingerprint density at radius 1 is 0.871 bits per heavy atom. The van der Waals surface area contributed by atoms with Crippen LogP contribution in [0.5, 0.6) is 5.75 Å². The van der Waals surface area contributed by atoms with Crippen molar-refractivity contribution in [2.45, 2.75) is 25.5 Å². The van der Waals surface area contributed by atoms with Crippen LogP contribution in [-0.4, -0.2) is 17.9 Å². The second kappa shape index (κ2) is 10.3. The largest absolute Gasteiger partial charge is 0.489 e. The lowest BCUT2D eigenvalue weighted by atomic mass is 10.0. The summed E-state index contributed by atoms with van der Waals surface area (Å²) in [5.74, 6) is -2.43. The molecule has 31 heavy (non-hydrogen) atoms. The third-order valence-electron chi connectivity index (χ3n) is 4.69. The fourth-order valence-corrected chi connectivity index (χ4v) is 3.03. The van der Waals surface area contributed by atoms with Crippen molar-refractivity contribution in [3.8, 4) is 5.75 Å². The van der Waals surface area contributed by atoms with Gasteiger partial charge in [0.05, 0.1) is 6.42 Å². The highest BCUT2D eigenvalue weighted by atomic mass is 19.1. The van der Waals surface area contributed by atoms with Gasteiger partial charge in [0.2, 0.25) is 11.8 Å². The van der Waals surface area contributed by atoms with Gasteiger partial charge in [-0.05, 0) is 35.4 Å². The van der Waals surface area contributed by atoms with Crippen LogP contribution in [0.2, 0.25) is 0 Å². The Labute approximate surface area is 178 Å². The maximum absolute atomic E-state index is 13.7. The summed E-state index contributed by atoms with van der Waals surface area (Å²) in [5.41, 5.74) is 6.82. The Hall–Kier alpha value is -3.74. The quantitative estimate of drug-likeness (QED) is 0.553. The van der Waals surface area contributed by atoms with E-state index in [1.807, 2.05) is 30.3 Å². The molecule has 5 nitrogen and oxygen atoms in total. The Morgan fingerprint density at radius 3 is 2.13 bits per heavy atom. The molecular weight excluding hydrogens is 402 g/mol. The van der Waals surface area contributed by atoms with Crippen molar-refractivity contribution in [3.63, 3.8) is 0 Å². The van der Waals surface area contributed by atoms with Gasteiger partial charge in [-0.15, -0.1) is 0 Å². The minimum atomic E-state index is -1.02. The Bertz CT molecular complexity index is 1020. The van der Waals surface area contributed by atoms with Crippen molar-refractivity contribution < 1.29 is 23.1 Å². The van der Waals surface area contributed by atoms with Gasteiger partial charge in [0.25, 0.3) is 0 Å². The molecule has 0 unspecified atom stereocenters. The Balaban J connectivity index is 1.58. The maximum atomic E-state index is 13.7. The van der Waals surface area contributed by atoms with Crippen molar-refractivity contribution in [1.82, 2.24) is 5.32 Å². The number of halogens is 2. The fourth-order valence-electron chi connectivity index (χ4n) is 3.03. The molecular formula is C24H22F2N2O3. The molecule has 0 aliphatic heterocycles. The highest BCUT2D eigenvalue weighted by Gasteiger charge is 2.21. The summed E-state index contributed by atoms with van der Waals surface area (Å²) in [6, 6.07) is 19.1. The van der Waals surface area contributed by atoms with Gasteiger partial charge in [0.1, 0.15) is 30.0 Å². The van der Waals surface area contributed by atoms with Gasteiger partial charge in [0, 0.05) is 12.0 Å². The van der Waals surface area contributed by atoms with E-state index in [9.17, 15) is 18.4 Å². The lowest BCUT2D eigenvalue weighted by Crippen LogP contribution is -2.46. The van der Waals surface area contributed by atoms with Crippen molar-refractivity contribution in [2.24, 2.45) is 5.73 Å². The number of nitrogens with one attached hydrogen (secondary N) is 1. The van der Waals surface area contributed by atoms with E-state index in [2.05, 4.69) is 5.32 Å². The first-order valence-electron chi connectivity index (χ1n) is 9.69. The van der Waals surface area contributed by atoms with Crippen LogP contribution < -0.4 is 15.8 Å². The average molecular weight is 424 g/mol. The van der Waals surface area contributed by atoms with Crippen LogP contribution in [-0.2, 0) is 29.0 Å². The number of amides is 2. The maximum Gasteiger partial charge on any atom is 0.240 e. The number of primary amides is 1. The first-order chi connectivity index (χ1) is 14.9. The monoisotopic (exact) mass is 424 g/mol. The molecule has 0 aromatic heterocycles. The van der Waals surface area contributed by atoms with E-state index < -0.39 is 35.9 Å². The number of benzene rings is 3. The van der Waals surface area contributed by atoms with Crippen molar-refractivity contribution in [2.75, 3.05) is 0 Å². The van der Waals surface area contributed by atoms with Gasteiger partial charge >= 0.3 is 0 Å². The van der Waals surface area contributed by atoms with Gasteiger partial charge in [-0.3, -0.25) is 9.59 Å². The topological polar surface area (TPSA) is 81.4 Å². The average Bonchev–Trinajstić information content (AvgIpc) is 2.76. The van der Waals surface area contributed by atoms with Gasteiger partial charge in [0.15, 0.2) is 0 Å². The summed E-state index contributed by atoms with van der Waals surface area (Å²) in [4.78, 5) is 24.0. The van der Waals surface area contributed by atoms with Crippen LogP contribution in [0.1, 0.15) is 16.7 Å². The molecule has 3 aromatic rings. The SMILES string of the molecule is NC(=O)[C@H](Cc1ccc(OCc2ccccc2)cc1)NC(=O)Cc1c(F)cccc1F. The van der Waals surface area contributed by atoms with E-state index in [1.165, 1.54) is 6.07 Å². The standard InChI is InChI=1S/C24H22F2N2O3/c25-20-7-4-8-21(26)19(20)14-23(29)28-22(24(27)30)13-16-9-11-18(12-10-16)31-15-17-5-2-1-3-6-17/h1-12,22H,13-15H2,(H2,27,30)(H,28,29)/t22-/m0/s1. The summed E-state index contributed by atoms with van der Waals surface area (Å²) in [6.07, 6.45) is -0.395. The number of carbonyl (C=O) groups excluding carboxylic acids is 2. The zero-order valence-corrected chi connectivity index (χ0v) is 16.7. The van der Waals surface area contributed by atoms with Gasteiger partial charge < -0.3 is 15.8 Å². The van der Waals surface area contributed by atoms with Crippen molar-refractivity contribution >= 4 is 11.8 Å². The number of hydrogen-bond acceptors (Lipinski definition) is 3. The third-order valence-corrected chi connectivity index (χ3v) is 4.69. The zero-order chi connectivity index (χ0) is 22.2. The van der Waals surface area contributed by atoms with Crippen molar-refractivity contribution in [3.05, 3.63) is 101 Å². The van der Waals surface area contributed by atoms with Gasteiger partial charge in [-0.2, -0.15) is 0 Å². The third kappa shape index (κ3) is 6.37. The van der Waals surface area contributed by atoms with Crippen LogP contribution in [0.4, 0.5) is 8.78 Å². The highest BCUT2D eigenvalue weighted by Crippen LogP contribution is 2.16. The molecule has 0 radical (unpaired) electrons. The second-order valence-electron chi connectivity index (χ2n) is 7.02. The normalized spacial score (nSPS) is 11.5. The minimum Gasteiger partial charge on any atom is -0.489 e. The summed E-state index contributed by atoms with van der Waals surface area (Å²) in [7, 11) is 0. The molecule has 0 heterocycles. The molecule has 0 aliphatic carbocycles. The van der Waals surface area contributed by atoms with Crippen molar-refractivity contribution in [1.29, 1.82) is 0 Å². The number of ether oxygens (including phenoxy) is 1. The number of carbonyl (C=O) groups is 2. The van der Waals surface area contributed by atoms with Crippen LogP contribution in [0.15, 0.2) is 72.8 Å². The van der Waals surface area contributed by atoms with Gasteiger partial charge in [-0.1, -0.05) is 48.5 Å². The highest BCUT2D eigenvalue weighted by molar-refractivity contribution is 5.87. The molecule has 7 heteroatoms. The molecule has 0 saturated carbocycles. The summed E-state index contributed by atoms with van der Waals surface area (Å²) in [6.45, 7) is 0.423. The Kier molecular flexibility index (Phi) is 7.32. The van der Waals surface area contributed by atoms with E-state index in [0.717, 1.165) is 23.3 Å². The molecule has 2 amide bonds. The van der Waals surface area contributed by atoms with Gasteiger partial charge in [-0.25, -0.2) is 8.78 Å². The van der Waals surface area contributed by atoms with E-state index in [1.54, 1.807) is 24.3 Å². The first kappa shape index (κ1) is 22.0. The number of rotatable bonds is 9. The molecule has 1 atom stereocenters. The number of hydrogen-bond donors (Lipinski definition) is 2. The van der Waals surface area contributed by atoms with Crippen LogP contribution in [0.3, 0.4) is 0 Å². The van der Waals surface area contributed by atoms with Crippen LogP contribution >= 0.6 is 0 Å². The van der Waals surface area contributed by atoms with E-state index in [-0.39, 0.29) is 12.0 Å². The van der Waals surface area contributed by atoms with Crippen LogP contribution in [0.25, 0.3) is 0 Å². The fraction of sp³-hybridized carbons (Fsp3) is 0.167. The van der Waals surface area contributed by atoms with E-state index in [0.29, 0.717) is 12.4 Å². The lowest BCUT2D eigenvalue weighted by molar-refractivity contribution is -0.127.